The van der Waals surface area contributed by atoms with Gasteiger partial charge >= 0.3 is 0 Å². The highest BCUT2D eigenvalue weighted by Crippen LogP contribution is 2.36. The fourth-order valence-corrected chi connectivity index (χ4v) is 4.41. The van der Waals surface area contributed by atoms with Crippen molar-refractivity contribution in [3.8, 4) is 0 Å². The molecule has 1 amide bonds. The Kier molecular flexibility index (Phi) is 4.89. The van der Waals surface area contributed by atoms with Gasteiger partial charge in [0.25, 0.3) is 0 Å². The SMILES string of the molecule is O=C(Nc1cccc2cnccc12)[C@H]1CN(c2ccccc2)C[C@@H]1c1ccccc1. The maximum Gasteiger partial charge on any atom is 0.229 e. The molecule has 1 fully saturated rings. The average molecular weight is 393 g/mol. The van der Waals surface area contributed by atoms with E-state index in [1.165, 1.54) is 5.56 Å². The molecule has 30 heavy (non-hydrogen) atoms. The van der Waals surface area contributed by atoms with Gasteiger partial charge < -0.3 is 10.2 Å². The highest BCUT2D eigenvalue weighted by atomic mass is 16.2. The second-order valence-corrected chi connectivity index (χ2v) is 7.76. The third-order valence-electron chi connectivity index (χ3n) is 5.94. The summed E-state index contributed by atoms with van der Waals surface area (Å²) in [6.07, 6.45) is 3.59. The number of fused-ring (bicyclic) bond motifs is 1. The van der Waals surface area contributed by atoms with Crippen molar-refractivity contribution in [1.29, 1.82) is 0 Å². The Balaban J connectivity index is 1.46. The highest BCUT2D eigenvalue weighted by Gasteiger charge is 2.38. The van der Waals surface area contributed by atoms with Crippen molar-refractivity contribution in [3.63, 3.8) is 0 Å². The van der Waals surface area contributed by atoms with E-state index in [9.17, 15) is 4.79 Å². The summed E-state index contributed by atoms with van der Waals surface area (Å²) < 4.78 is 0. The number of nitrogens with one attached hydrogen (secondary N) is 1. The number of anilines is 2. The van der Waals surface area contributed by atoms with Crippen molar-refractivity contribution in [3.05, 3.63) is 103 Å². The van der Waals surface area contributed by atoms with Crippen molar-refractivity contribution in [2.45, 2.75) is 5.92 Å². The Morgan fingerprint density at radius 3 is 2.43 bits per heavy atom. The van der Waals surface area contributed by atoms with Crippen molar-refractivity contribution >= 4 is 28.1 Å². The maximum absolute atomic E-state index is 13.5. The zero-order valence-corrected chi connectivity index (χ0v) is 16.6. The van der Waals surface area contributed by atoms with Crippen LogP contribution in [0.4, 0.5) is 11.4 Å². The van der Waals surface area contributed by atoms with Gasteiger partial charge in [-0.3, -0.25) is 9.78 Å². The lowest BCUT2D eigenvalue weighted by molar-refractivity contribution is -0.119. The largest absolute Gasteiger partial charge is 0.370 e. The standard InChI is InChI=1S/C26H23N3O/c30-26(28-25-13-7-10-20-16-27-15-14-22(20)25)24-18-29(21-11-5-2-6-12-21)17-23(24)19-8-3-1-4-9-19/h1-16,23-24H,17-18H2,(H,28,30)/t23-,24+/m1/s1. The quantitative estimate of drug-likeness (QED) is 0.525. The molecule has 1 saturated heterocycles. The number of nitrogens with zero attached hydrogens (tertiary/aromatic N) is 2. The van der Waals surface area contributed by atoms with Crippen LogP contribution in [0, 0.1) is 5.92 Å². The summed E-state index contributed by atoms with van der Waals surface area (Å²) in [6.45, 7) is 1.52. The number of hydrogen-bond acceptors (Lipinski definition) is 3. The summed E-state index contributed by atoms with van der Waals surface area (Å²) in [5.41, 5.74) is 3.20. The predicted molar refractivity (Wildman–Crippen MR) is 122 cm³/mol. The number of carbonyl (C=O) groups excluding carboxylic acids is 1. The van der Waals surface area contributed by atoms with Crippen LogP contribution in [0.3, 0.4) is 0 Å². The molecular formula is C26H23N3O. The van der Waals surface area contributed by atoms with Crippen molar-refractivity contribution in [1.82, 2.24) is 4.98 Å². The first-order valence-corrected chi connectivity index (χ1v) is 10.3. The Hall–Kier alpha value is -3.66. The van der Waals surface area contributed by atoms with Crippen LogP contribution in [-0.4, -0.2) is 24.0 Å². The summed E-state index contributed by atoms with van der Waals surface area (Å²) in [7, 11) is 0. The lowest BCUT2D eigenvalue weighted by atomic mass is 9.88. The molecule has 0 radical (unpaired) electrons. The summed E-state index contributed by atoms with van der Waals surface area (Å²) >= 11 is 0. The van der Waals surface area contributed by atoms with Crippen LogP contribution in [0.5, 0.6) is 0 Å². The Labute approximate surface area is 176 Å². The molecule has 3 aromatic carbocycles. The molecule has 5 rings (SSSR count). The van der Waals surface area contributed by atoms with Crippen LogP contribution >= 0.6 is 0 Å². The molecule has 1 aromatic heterocycles. The van der Waals surface area contributed by atoms with Gasteiger partial charge in [-0.2, -0.15) is 0 Å². The number of pyridine rings is 1. The lowest BCUT2D eigenvalue weighted by Gasteiger charge is -2.18. The molecule has 1 aliphatic heterocycles. The predicted octanol–water partition coefficient (Wildman–Crippen LogP) is 5.09. The molecule has 0 aliphatic carbocycles. The van der Waals surface area contributed by atoms with Crippen LogP contribution in [0.15, 0.2) is 97.3 Å². The molecular weight excluding hydrogens is 370 g/mol. The number of hydrogen-bond donors (Lipinski definition) is 1. The van der Waals surface area contributed by atoms with E-state index in [4.69, 9.17) is 0 Å². The van der Waals surface area contributed by atoms with Gasteiger partial charge in [-0.1, -0.05) is 60.7 Å². The smallest absolute Gasteiger partial charge is 0.229 e. The number of amides is 1. The van der Waals surface area contributed by atoms with Crippen LogP contribution in [0.25, 0.3) is 10.8 Å². The number of benzene rings is 3. The monoisotopic (exact) mass is 393 g/mol. The van der Waals surface area contributed by atoms with Gasteiger partial charge in [0.15, 0.2) is 0 Å². The van der Waals surface area contributed by atoms with E-state index in [-0.39, 0.29) is 17.7 Å². The van der Waals surface area contributed by atoms with Crippen molar-refractivity contribution < 1.29 is 4.79 Å². The van der Waals surface area contributed by atoms with Crippen LogP contribution in [0.1, 0.15) is 11.5 Å². The van der Waals surface area contributed by atoms with E-state index in [1.54, 1.807) is 6.20 Å². The van der Waals surface area contributed by atoms with Crippen molar-refractivity contribution in [2.75, 3.05) is 23.3 Å². The molecule has 0 unspecified atom stereocenters. The lowest BCUT2D eigenvalue weighted by Crippen LogP contribution is -2.29. The fraction of sp³-hybridized carbons (Fsp3) is 0.154. The second kappa shape index (κ2) is 7.99. The maximum atomic E-state index is 13.5. The first-order chi connectivity index (χ1) is 14.8. The Bertz CT molecular complexity index is 1160. The summed E-state index contributed by atoms with van der Waals surface area (Å²) in [5, 5.41) is 5.24. The zero-order chi connectivity index (χ0) is 20.3. The Morgan fingerprint density at radius 1 is 0.867 bits per heavy atom. The van der Waals surface area contributed by atoms with E-state index in [2.05, 4.69) is 39.5 Å². The molecule has 148 valence electrons. The molecule has 2 atom stereocenters. The van der Waals surface area contributed by atoms with E-state index < -0.39 is 0 Å². The molecule has 0 bridgehead atoms. The third-order valence-corrected chi connectivity index (χ3v) is 5.94. The normalized spacial score (nSPS) is 18.5. The molecule has 1 N–H and O–H groups in total. The van der Waals surface area contributed by atoms with E-state index >= 15 is 0 Å². The third kappa shape index (κ3) is 3.52. The fourth-order valence-electron chi connectivity index (χ4n) is 4.41. The van der Waals surface area contributed by atoms with E-state index in [0.717, 1.165) is 28.7 Å². The van der Waals surface area contributed by atoms with Gasteiger partial charge in [-0.05, 0) is 29.8 Å². The summed E-state index contributed by atoms with van der Waals surface area (Å²) in [4.78, 5) is 20.0. The molecule has 1 aliphatic rings. The summed E-state index contributed by atoms with van der Waals surface area (Å²) in [5.74, 6) is 0.0688. The van der Waals surface area contributed by atoms with Gasteiger partial charge in [-0.25, -0.2) is 0 Å². The first kappa shape index (κ1) is 18.4. The minimum absolute atomic E-state index is 0.0617. The van der Waals surface area contributed by atoms with Gasteiger partial charge in [0.1, 0.15) is 0 Å². The molecule has 4 aromatic rings. The van der Waals surface area contributed by atoms with Crippen molar-refractivity contribution in [2.24, 2.45) is 5.92 Å². The number of aromatic nitrogens is 1. The van der Waals surface area contributed by atoms with Crippen LogP contribution in [-0.2, 0) is 4.79 Å². The number of para-hydroxylation sites is 1. The van der Waals surface area contributed by atoms with Gasteiger partial charge in [0, 0.05) is 53.5 Å². The minimum Gasteiger partial charge on any atom is -0.370 e. The van der Waals surface area contributed by atoms with E-state index in [0.29, 0.717) is 6.54 Å². The van der Waals surface area contributed by atoms with Gasteiger partial charge in [0.2, 0.25) is 5.91 Å². The molecule has 0 spiro atoms. The minimum atomic E-state index is -0.135. The van der Waals surface area contributed by atoms with Gasteiger partial charge in [0.05, 0.1) is 5.92 Å². The van der Waals surface area contributed by atoms with Crippen LogP contribution in [0.2, 0.25) is 0 Å². The number of carbonyl (C=O) groups is 1. The first-order valence-electron chi connectivity index (χ1n) is 10.3. The molecule has 4 nitrogen and oxygen atoms in total. The highest BCUT2D eigenvalue weighted by molar-refractivity contribution is 6.03. The topological polar surface area (TPSA) is 45.2 Å². The average Bonchev–Trinajstić information content (AvgIpc) is 3.26. The van der Waals surface area contributed by atoms with E-state index in [1.807, 2.05) is 66.9 Å². The van der Waals surface area contributed by atoms with Gasteiger partial charge in [-0.15, -0.1) is 0 Å². The molecule has 0 saturated carbocycles. The second-order valence-electron chi connectivity index (χ2n) is 7.76. The molecule has 4 heteroatoms. The number of rotatable bonds is 4. The zero-order valence-electron chi connectivity index (χ0n) is 16.6. The molecule has 2 heterocycles. The Morgan fingerprint density at radius 2 is 1.63 bits per heavy atom. The summed E-state index contributed by atoms with van der Waals surface area (Å²) in [6, 6.07) is 28.6. The van der Waals surface area contributed by atoms with Crippen LogP contribution < -0.4 is 10.2 Å².